The first kappa shape index (κ1) is 16.3. The van der Waals surface area contributed by atoms with Gasteiger partial charge in [-0.05, 0) is 19.1 Å². The molecule has 0 spiro atoms. The smallest absolute Gasteiger partial charge is 0.272 e. The van der Waals surface area contributed by atoms with E-state index >= 15 is 0 Å². The van der Waals surface area contributed by atoms with Gasteiger partial charge in [-0.2, -0.15) is 0 Å². The molecule has 0 aliphatic carbocycles. The van der Waals surface area contributed by atoms with Crippen molar-refractivity contribution in [2.75, 3.05) is 6.61 Å². The summed E-state index contributed by atoms with van der Waals surface area (Å²) in [6.45, 7) is 1.86. The molecule has 7 nitrogen and oxygen atoms in total. The van der Waals surface area contributed by atoms with Gasteiger partial charge in [0.05, 0.1) is 4.92 Å². The number of nitrogens with zero attached hydrogens (tertiary/aromatic N) is 2. The third-order valence-electron chi connectivity index (χ3n) is 3.15. The van der Waals surface area contributed by atoms with Gasteiger partial charge in [0.15, 0.2) is 5.84 Å². The highest BCUT2D eigenvalue weighted by Gasteiger charge is 2.13. The van der Waals surface area contributed by atoms with E-state index in [1.54, 1.807) is 31.2 Å². The average molecular weight is 315 g/mol. The zero-order valence-corrected chi connectivity index (χ0v) is 12.6. The summed E-state index contributed by atoms with van der Waals surface area (Å²) in [4.78, 5) is 15.6. The molecule has 0 radical (unpaired) electrons. The van der Waals surface area contributed by atoms with E-state index in [9.17, 15) is 10.1 Å². The number of amidine groups is 1. The van der Waals surface area contributed by atoms with Crippen molar-refractivity contribution < 1.29 is 14.5 Å². The fourth-order valence-electron chi connectivity index (χ4n) is 1.91. The zero-order chi connectivity index (χ0) is 16.7. The normalized spacial score (nSPS) is 11.1. The van der Waals surface area contributed by atoms with E-state index in [2.05, 4.69) is 5.16 Å². The average Bonchev–Trinajstić information content (AvgIpc) is 2.55. The second-order valence-corrected chi connectivity index (χ2v) is 4.78. The SMILES string of the molecule is Cc1c(CO/N=C(/N)COc2ccccc2)cccc1[N+](=O)[O-]. The Hall–Kier alpha value is -3.09. The van der Waals surface area contributed by atoms with E-state index in [0.717, 1.165) is 0 Å². The number of nitrogens with two attached hydrogens (primary N) is 1. The van der Waals surface area contributed by atoms with Crippen molar-refractivity contribution in [1.82, 2.24) is 0 Å². The Morgan fingerprint density at radius 3 is 2.65 bits per heavy atom. The highest BCUT2D eigenvalue weighted by Crippen LogP contribution is 2.21. The monoisotopic (exact) mass is 315 g/mol. The highest BCUT2D eigenvalue weighted by molar-refractivity contribution is 5.81. The molecule has 0 heterocycles. The van der Waals surface area contributed by atoms with Crippen molar-refractivity contribution in [2.45, 2.75) is 13.5 Å². The molecule has 2 aromatic rings. The van der Waals surface area contributed by atoms with Crippen LogP contribution in [0.3, 0.4) is 0 Å². The van der Waals surface area contributed by atoms with Crippen LogP contribution in [0.25, 0.3) is 0 Å². The molecule has 0 aromatic heterocycles. The molecule has 0 fully saturated rings. The number of oxime groups is 1. The molecule has 2 N–H and O–H groups in total. The van der Waals surface area contributed by atoms with E-state index < -0.39 is 4.92 Å². The first-order chi connectivity index (χ1) is 11.1. The minimum absolute atomic E-state index is 0.0514. The predicted molar refractivity (Wildman–Crippen MR) is 86.2 cm³/mol. The number of rotatable bonds is 7. The first-order valence-electron chi connectivity index (χ1n) is 6.93. The summed E-state index contributed by atoms with van der Waals surface area (Å²) in [6, 6.07) is 14.0. The third kappa shape index (κ3) is 4.70. The zero-order valence-electron chi connectivity index (χ0n) is 12.6. The summed E-state index contributed by atoms with van der Waals surface area (Å²) in [6.07, 6.45) is 0. The minimum atomic E-state index is -0.426. The van der Waals surface area contributed by atoms with Gasteiger partial charge in [0.2, 0.25) is 0 Å². The van der Waals surface area contributed by atoms with Gasteiger partial charge in [0.1, 0.15) is 19.0 Å². The molecule has 0 atom stereocenters. The molecule has 0 bridgehead atoms. The van der Waals surface area contributed by atoms with Crippen LogP contribution in [0.1, 0.15) is 11.1 Å². The van der Waals surface area contributed by atoms with E-state index in [4.69, 9.17) is 15.3 Å². The molecule has 0 unspecified atom stereocenters. The highest BCUT2D eigenvalue weighted by atomic mass is 16.6. The standard InChI is InChI=1S/C16H17N3O4/c1-12-13(6-5-9-15(12)19(20)21)10-23-18-16(17)11-22-14-7-3-2-4-8-14/h2-9H,10-11H2,1H3,(H2,17,18). The van der Waals surface area contributed by atoms with E-state index in [0.29, 0.717) is 16.9 Å². The maximum atomic E-state index is 10.9. The maximum absolute atomic E-state index is 10.9. The summed E-state index contributed by atoms with van der Waals surface area (Å²) < 4.78 is 5.42. The molecule has 0 saturated carbocycles. The third-order valence-corrected chi connectivity index (χ3v) is 3.15. The number of benzene rings is 2. The molecule has 2 rings (SSSR count). The number of ether oxygens (including phenoxy) is 1. The van der Waals surface area contributed by atoms with E-state index in [1.165, 1.54) is 6.07 Å². The van der Waals surface area contributed by atoms with Crippen LogP contribution >= 0.6 is 0 Å². The van der Waals surface area contributed by atoms with Gasteiger partial charge >= 0.3 is 0 Å². The van der Waals surface area contributed by atoms with Gasteiger partial charge < -0.3 is 15.3 Å². The van der Waals surface area contributed by atoms with Crippen LogP contribution < -0.4 is 10.5 Å². The van der Waals surface area contributed by atoms with Crippen molar-refractivity contribution in [2.24, 2.45) is 10.9 Å². The molecule has 23 heavy (non-hydrogen) atoms. The van der Waals surface area contributed by atoms with Crippen molar-refractivity contribution >= 4 is 11.5 Å². The lowest BCUT2D eigenvalue weighted by atomic mass is 10.1. The molecule has 7 heteroatoms. The van der Waals surface area contributed by atoms with Crippen molar-refractivity contribution in [3.8, 4) is 5.75 Å². The van der Waals surface area contributed by atoms with Crippen molar-refractivity contribution in [3.05, 3.63) is 69.8 Å². The second kappa shape index (κ2) is 7.79. The Labute approximate surface area is 133 Å². The van der Waals surface area contributed by atoms with Gasteiger partial charge in [-0.3, -0.25) is 10.1 Å². The lowest BCUT2D eigenvalue weighted by Crippen LogP contribution is -2.21. The van der Waals surface area contributed by atoms with Crippen LogP contribution in [0.4, 0.5) is 5.69 Å². The van der Waals surface area contributed by atoms with Crippen molar-refractivity contribution in [3.63, 3.8) is 0 Å². The van der Waals surface area contributed by atoms with Crippen LogP contribution in [-0.4, -0.2) is 17.4 Å². The molecule has 0 aliphatic rings. The maximum Gasteiger partial charge on any atom is 0.272 e. The van der Waals surface area contributed by atoms with Gasteiger partial charge in [-0.1, -0.05) is 35.5 Å². The van der Waals surface area contributed by atoms with E-state index in [-0.39, 0.29) is 24.7 Å². The largest absolute Gasteiger partial charge is 0.486 e. The number of hydrogen-bond donors (Lipinski definition) is 1. The van der Waals surface area contributed by atoms with Gasteiger partial charge in [-0.15, -0.1) is 0 Å². The first-order valence-corrected chi connectivity index (χ1v) is 6.93. The molecule has 0 aliphatic heterocycles. The molecule has 0 saturated heterocycles. The minimum Gasteiger partial charge on any atom is -0.486 e. The fourth-order valence-corrected chi connectivity index (χ4v) is 1.91. The van der Waals surface area contributed by atoms with Gasteiger partial charge in [-0.25, -0.2) is 0 Å². The summed E-state index contributed by atoms with van der Waals surface area (Å²) in [5.41, 5.74) is 6.97. The number of hydrogen-bond acceptors (Lipinski definition) is 5. The van der Waals surface area contributed by atoms with Crippen molar-refractivity contribution in [1.29, 1.82) is 0 Å². The van der Waals surface area contributed by atoms with Crippen LogP contribution in [0.2, 0.25) is 0 Å². The van der Waals surface area contributed by atoms with Crippen LogP contribution in [0.5, 0.6) is 5.75 Å². The summed E-state index contributed by atoms with van der Waals surface area (Å²) >= 11 is 0. The molecule has 0 amide bonds. The predicted octanol–water partition coefficient (Wildman–Crippen LogP) is 2.77. The number of para-hydroxylation sites is 1. The van der Waals surface area contributed by atoms with Gasteiger partial charge in [0.25, 0.3) is 5.69 Å². The Bertz CT molecular complexity index is 702. The summed E-state index contributed by atoms with van der Waals surface area (Å²) in [7, 11) is 0. The Balaban J connectivity index is 1.88. The Kier molecular flexibility index (Phi) is 5.51. The molecular weight excluding hydrogens is 298 g/mol. The fraction of sp³-hybridized carbons (Fsp3) is 0.188. The number of nitro benzene ring substituents is 1. The molecule has 120 valence electrons. The lowest BCUT2D eigenvalue weighted by Gasteiger charge is -2.07. The van der Waals surface area contributed by atoms with E-state index in [1.807, 2.05) is 18.2 Å². The Morgan fingerprint density at radius 2 is 1.96 bits per heavy atom. The topological polar surface area (TPSA) is 100.0 Å². The van der Waals surface area contributed by atoms with Crippen LogP contribution in [-0.2, 0) is 11.4 Å². The Morgan fingerprint density at radius 1 is 1.22 bits per heavy atom. The second-order valence-electron chi connectivity index (χ2n) is 4.78. The molecular formula is C16H17N3O4. The number of nitro groups is 1. The summed E-state index contributed by atoms with van der Waals surface area (Å²) in [5, 5.41) is 14.6. The van der Waals surface area contributed by atoms with Gasteiger partial charge in [0, 0.05) is 17.2 Å². The molecule has 2 aromatic carbocycles. The lowest BCUT2D eigenvalue weighted by molar-refractivity contribution is -0.385. The quantitative estimate of drug-likeness (QED) is 0.366. The van der Waals surface area contributed by atoms with Crippen LogP contribution in [0, 0.1) is 17.0 Å². The summed E-state index contributed by atoms with van der Waals surface area (Å²) in [5.74, 6) is 0.858. The van der Waals surface area contributed by atoms with Crippen LogP contribution in [0.15, 0.2) is 53.7 Å².